The lowest BCUT2D eigenvalue weighted by Crippen LogP contribution is -2.37. The summed E-state index contributed by atoms with van der Waals surface area (Å²) in [6.45, 7) is 4.21. The van der Waals surface area contributed by atoms with Gasteiger partial charge >= 0.3 is 5.97 Å². The summed E-state index contributed by atoms with van der Waals surface area (Å²) < 4.78 is 11.2. The van der Waals surface area contributed by atoms with Gasteiger partial charge in [0.05, 0.1) is 17.7 Å². The molecule has 1 fully saturated rings. The number of carbonyl (C=O) groups is 2. The minimum atomic E-state index is -0.410. The van der Waals surface area contributed by atoms with E-state index >= 15 is 0 Å². The van der Waals surface area contributed by atoms with Gasteiger partial charge in [-0.25, -0.2) is 4.98 Å². The van der Waals surface area contributed by atoms with Crippen LogP contribution in [0.3, 0.4) is 0 Å². The molecular weight excluding hydrogens is 344 g/mol. The third-order valence-electron chi connectivity index (χ3n) is 5.05. The SMILES string of the molecule is CCOC(=O)[C@]1(C)CC[C@@H](Oc2ccc(-c3ccc(C=O)cn3)cn2)CC1. The number of aromatic nitrogens is 2. The molecule has 2 aromatic heterocycles. The van der Waals surface area contributed by atoms with E-state index in [4.69, 9.17) is 9.47 Å². The third kappa shape index (κ3) is 4.51. The molecule has 0 atom stereocenters. The van der Waals surface area contributed by atoms with E-state index in [-0.39, 0.29) is 12.1 Å². The highest BCUT2D eigenvalue weighted by Gasteiger charge is 2.39. The van der Waals surface area contributed by atoms with Crippen LogP contribution in [-0.2, 0) is 9.53 Å². The van der Waals surface area contributed by atoms with Crippen LogP contribution in [0.5, 0.6) is 5.88 Å². The van der Waals surface area contributed by atoms with Crippen LogP contribution < -0.4 is 4.74 Å². The van der Waals surface area contributed by atoms with Crippen molar-refractivity contribution in [2.24, 2.45) is 5.41 Å². The average molecular weight is 368 g/mol. The average Bonchev–Trinajstić information content (AvgIpc) is 2.71. The molecule has 0 N–H and O–H groups in total. The lowest BCUT2D eigenvalue weighted by Gasteiger charge is -2.34. The maximum absolute atomic E-state index is 12.1. The Kier molecular flexibility index (Phi) is 5.84. The van der Waals surface area contributed by atoms with E-state index in [2.05, 4.69) is 9.97 Å². The van der Waals surface area contributed by atoms with Crippen LogP contribution in [0.2, 0.25) is 0 Å². The van der Waals surface area contributed by atoms with Crippen molar-refractivity contribution in [3.8, 4) is 17.1 Å². The summed E-state index contributed by atoms with van der Waals surface area (Å²) in [5.41, 5.74) is 1.74. The molecule has 0 amide bonds. The number of nitrogens with zero attached hydrogens (tertiary/aromatic N) is 2. The predicted molar refractivity (Wildman–Crippen MR) is 100 cm³/mol. The summed E-state index contributed by atoms with van der Waals surface area (Å²) in [5, 5.41) is 0. The van der Waals surface area contributed by atoms with E-state index in [1.165, 1.54) is 6.20 Å². The number of aldehydes is 1. The summed E-state index contributed by atoms with van der Waals surface area (Å²) in [6, 6.07) is 7.24. The molecule has 6 nitrogen and oxygen atoms in total. The Bertz CT molecular complexity index is 779. The molecule has 0 unspecified atom stereocenters. The largest absolute Gasteiger partial charge is 0.474 e. The van der Waals surface area contributed by atoms with Gasteiger partial charge in [0, 0.05) is 29.6 Å². The highest BCUT2D eigenvalue weighted by Crippen LogP contribution is 2.38. The van der Waals surface area contributed by atoms with Crippen molar-refractivity contribution in [1.82, 2.24) is 9.97 Å². The first-order chi connectivity index (χ1) is 13.0. The molecule has 0 aromatic carbocycles. The molecule has 142 valence electrons. The van der Waals surface area contributed by atoms with Crippen LogP contribution in [0.1, 0.15) is 49.9 Å². The van der Waals surface area contributed by atoms with Crippen molar-refractivity contribution >= 4 is 12.3 Å². The van der Waals surface area contributed by atoms with Gasteiger partial charge in [-0.2, -0.15) is 0 Å². The molecule has 0 bridgehead atoms. The standard InChI is InChI=1S/C21H24N2O4/c1-3-26-20(25)21(2)10-8-17(9-11-21)27-19-7-5-16(13-23-19)18-6-4-15(14-24)12-22-18/h4-7,12-14,17H,3,8-11H2,1-2H3/t17-,21-. The second-order valence-corrected chi connectivity index (χ2v) is 7.08. The Hall–Kier alpha value is -2.76. The zero-order chi connectivity index (χ0) is 19.3. The molecule has 1 saturated carbocycles. The second-order valence-electron chi connectivity index (χ2n) is 7.08. The van der Waals surface area contributed by atoms with Gasteiger partial charge in [-0.3, -0.25) is 14.6 Å². The summed E-state index contributed by atoms with van der Waals surface area (Å²) in [6.07, 6.45) is 7.17. The fourth-order valence-corrected chi connectivity index (χ4v) is 3.27. The fourth-order valence-electron chi connectivity index (χ4n) is 3.27. The molecule has 2 heterocycles. The lowest BCUT2D eigenvalue weighted by molar-refractivity contribution is -0.157. The van der Waals surface area contributed by atoms with Crippen molar-refractivity contribution in [3.63, 3.8) is 0 Å². The van der Waals surface area contributed by atoms with E-state index in [0.29, 0.717) is 18.1 Å². The van der Waals surface area contributed by atoms with E-state index < -0.39 is 5.41 Å². The molecule has 0 saturated heterocycles. The number of hydrogen-bond donors (Lipinski definition) is 0. The van der Waals surface area contributed by atoms with E-state index in [1.807, 2.05) is 26.0 Å². The minimum Gasteiger partial charge on any atom is -0.474 e. The highest BCUT2D eigenvalue weighted by atomic mass is 16.5. The summed E-state index contributed by atoms with van der Waals surface area (Å²) >= 11 is 0. The van der Waals surface area contributed by atoms with Gasteiger partial charge in [0.15, 0.2) is 6.29 Å². The molecule has 1 aliphatic rings. The van der Waals surface area contributed by atoms with E-state index in [0.717, 1.165) is 43.2 Å². The van der Waals surface area contributed by atoms with Crippen LogP contribution in [0, 0.1) is 5.41 Å². The minimum absolute atomic E-state index is 0.0517. The van der Waals surface area contributed by atoms with Gasteiger partial charge < -0.3 is 9.47 Å². The normalized spacial score (nSPS) is 22.1. The maximum Gasteiger partial charge on any atom is 0.311 e. The first-order valence-electron chi connectivity index (χ1n) is 9.25. The Labute approximate surface area is 158 Å². The molecule has 1 aliphatic carbocycles. The quantitative estimate of drug-likeness (QED) is 0.569. The maximum atomic E-state index is 12.1. The molecule has 0 radical (unpaired) electrons. The first-order valence-corrected chi connectivity index (χ1v) is 9.25. The predicted octanol–water partition coefficient (Wildman–Crippen LogP) is 3.85. The molecular formula is C21H24N2O4. The van der Waals surface area contributed by atoms with Crippen LogP contribution in [0.15, 0.2) is 36.7 Å². The summed E-state index contributed by atoms with van der Waals surface area (Å²) in [7, 11) is 0. The third-order valence-corrected chi connectivity index (χ3v) is 5.05. The van der Waals surface area contributed by atoms with Crippen LogP contribution in [0.4, 0.5) is 0 Å². The topological polar surface area (TPSA) is 78.4 Å². The smallest absolute Gasteiger partial charge is 0.311 e. The van der Waals surface area contributed by atoms with Crippen LogP contribution >= 0.6 is 0 Å². The van der Waals surface area contributed by atoms with Crippen molar-refractivity contribution in [3.05, 3.63) is 42.2 Å². The van der Waals surface area contributed by atoms with Gasteiger partial charge in [-0.1, -0.05) is 0 Å². The molecule has 3 rings (SSSR count). The van der Waals surface area contributed by atoms with Gasteiger partial charge in [-0.15, -0.1) is 0 Å². The number of hydrogen-bond acceptors (Lipinski definition) is 6. The van der Waals surface area contributed by atoms with E-state index in [1.54, 1.807) is 18.3 Å². The Morgan fingerprint density at radius 2 is 1.96 bits per heavy atom. The molecule has 6 heteroatoms. The fraction of sp³-hybridized carbons (Fsp3) is 0.429. The summed E-state index contributed by atoms with van der Waals surface area (Å²) in [5.74, 6) is 0.451. The van der Waals surface area contributed by atoms with E-state index in [9.17, 15) is 9.59 Å². The number of esters is 1. The molecule has 27 heavy (non-hydrogen) atoms. The zero-order valence-corrected chi connectivity index (χ0v) is 15.7. The first kappa shape index (κ1) is 19.0. The Morgan fingerprint density at radius 1 is 1.19 bits per heavy atom. The van der Waals surface area contributed by atoms with Gasteiger partial charge in [-0.05, 0) is 57.7 Å². The second kappa shape index (κ2) is 8.29. The monoisotopic (exact) mass is 368 g/mol. The zero-order valence-electron chi connectivity index (χ0n) is 15.7. The van der Waals surface area contributed by atoms with Crippen molar-refractivity contribution in [1.29, 1.82) is 0 Å². The molecule has 2 aromatic rings. The van der Waals surface area contributed by atoms with Gasteiger partial charge in [0.1, 0.15) is 6.10 Å². The van der Waals surface area contributed by atoms with Crippen LogP contribution in [0.25, 0.3) is 11.3 Å². The molecule has 0 aliphatic heterocycles. The van der Waals surface area contributed by atoms with Gasteiger partial charge in [0.2, 0.25) is 5.88 Å². The Morgan fingerprint density at radius 3 is 2.52 bits per heavy atom. The highest BCUT2D eigenvalue weighted by molar-refractivity contribution is 5.76. The Balaban J connectivity index is 1.57. The number of carbonyl (C=O) groups excluding carboxylic acids is 2. The number of rotatable bonds is 6. The van der Waals surface area contributed by atoms with Crippen molar-refractivity contribution in [2.75, 3.05) is 6.61 Å². The van der Waals surface area contributed by atoms with Crippen LogP contribution in [-0.4, -0.2) is 34.9 Å². The number of pyridine rings is 2. The lowest BCUT2D eigenvalue weighted by atomic mass is 9.75. The van der Waals surface area contributed by atoms with Crippen molar-refractivity contribution < 1.29 is 19.1 Å². The van der Waals surface area contributed by atoms with Crippen molar-refractivity contribution in [2.45, 2.75) is 45.6 Å². The summed E-state index contributed by atoms with van der Waals surface area (Å²) in [4.78, 5) is 31.4. The molecule has 0 spiro atoms. The number of ether oxygens (including phenoxy) is 2. The van der Waals surface area contributed by atoms with Gasteiger partial charge in [0.25, 0.3) is 0 Å².